The summed E-state index contributed by atoms with van der Waals surface area (Å²) in [6.07, 6.45) is 3.39. The van der Waals surface area contributed by atoms with Gasteiger partial charge in [-0.1, -0.05) is 6.92 Å². The third kappa shape index (κ3) is 1.37. The van der Waals surface area contributed by atoms with Gasteiger partial charge in [-0.2, -0.15) is 0 Å². The van der Waals surface area contributed by atoms with Crippen molar-refractivity contribution in [1.29, 1.82) is 0 Å². The molecule has 1 saturated carbocycles. The van der Waals surface area contributed by atoms with Crippen LogP contribution in [0.5, 0.6) is 0 Å². The van der Waals surface area contributed by atoms with E-state index in [1.165, 1.54) is 0 Å². The molecule has 2 aliphatic rings. The molecule has 1 heterocycles. The van der Waals surface area contributed by atoms with Gasteiger partial charge in [-0.25, -0.2) is 0 Å². The average Bonchev–Trinajstić information content (AvgIpc) is 2.59. The highest BCUT2D eigenvalue weighted by Crippen LogP contribution is 2.36. The number of aliphatic hydroxyl groups excluding tert-OH is 1. The van der Waals surface area contributed by atoms with Gasteiger partial charge in [-0.3, -0.25) is 0 Å². The van der Waals surface area contributed by atoms with Crippen molar-refractivity contribution >= 4 is 0 Å². The van der Waals surface area contributed by atoms with E-state index in [0.29, 0.717) is 5.92 Å². The summed E-state index contributed by atoms with van der Waals surface area (Å²) in [5.74, 6) is 0.401. The van der Waals surface area contributed by atoms with Gasteiger partial charge in [0.2, 0.25) is 0 Å². The molecule has 0 spiro atoms. The lowest BCUT2D eigenvalue weighted by Crippen LogP contribution is -2.13. The molecule has 0 aromatic carbocycles. The monoisotopic (exact) mass is 172 g/mol. The van der Waals surface area contributed by atoms with Crippen molar-refractivity contribution in [2.24, 2.45) is 5.92 Å². The molecule has 2 unspecified atom stereocenters. The molecule has 1 saturated heterocycles. The molecule has 1 aliphatic carbocycles. The van der Waals surface area contributed by atoms with E-state index in [-0.39, 0.29) is 25.1 Å². The first-order valence-corrected chi connectivity index (χ1v) is 4.75. The van der Waals surface area contributed by atoms with Gasteiger partial charge in [0, 0.05) is 6.61 Å². The van der Waals surface area contributed by atoms with Crippen molar-refractivity contribution in [3.05, 3.63) is 0 Å². The summed E-state index contributed by atoms with van der Waals surface area (Å²) >= 11 is 0. The van der Waals surface area contributed by atoms with Crippen molar-refractivity contribution in [3.63, 3.8) is 0 Å². The van der Waals surface area contributed by atoms with Crippen LogP contribution in [0.15, 0.2) is 0 Å². The van der Waals surface area contributed by atoms with Crippen LogP contribution in [0.2, 0.25) is 0 Å². The lowest BCUT2D eigenvalue weighted by molar-refractivity contribution is -0.0789. The Morgan fingerprint density at radius 1 is 1.25 bits per heavy atom. The minimum Gasteiger partial charge on any atom is -0.396 e. The third-order valence-corrected chi connectivity index (χ3v) is 2.79. The van der Waals surface area contributed by atoms with Gasteiger partial charge in [-0.15, -0.1) is 0 Å². The first kappa shape index (κ1) is 8.48. The van der Waals surface area contributed by atoms with Crippen LogP contribution in [0.4, 0.5) is 0 Å². The molecule has 2 atom stereocenters. The maximum absolute atomic E-state index is 8.93. The summed E-state index contributed by atoms with van der Waals surface area (Å²) in [7, 11) is 0. The van der Waals surface area contributed by atoms with Crippen LogP contribution in [0.3, 0.4) is 0 Å². The summed E-state index contributed by atoms with van der Waals surface area (Å²) in [6, 6.07) is 0. The van der Waals surface area contributed by atoms with E-state index in [1.807, 2.05) is 0 Å². The van der Waals surface area contributed by atoms with Gasteiger partial charge in [-0.05, 0) is 25.2 Å². The Bertz CT molecular complexity index is 130. The second-order valence-corrected chi connectivity index (χ2v) is 3.71. The molecular weight excluding hydrogens is 156 g/mol. The molecule has 0 bridgehead atoms. The Morgan fingerprint density at radius 3 is 2.25 bits per heavy atom. The molecule has 12 heavy (non-hydrogen) atoms. The van der Waals surface area contributed by atoms with E-state index in [9.17, 15) is 0 Å². The highest BCUT2D eigenvalue weighted by molar-refractivity contribution is 4.88. The molecule has 0 amide bonds. The van der Waals surface area contributed by atoms with E-state index in [1.54, 1.807) is 0 Å². The minimum atomic E-state index is 0.0136. The van der Waals surface area contributed by atoms with Crippen molar-refractivity contribution < 1.29 is 14.6 Å². The molecule has 0 aromatic heterocycles. The first-order chi connectivity index (χ1) is 5.83. The first-order valence-electron chi connectivity index (χ1n) is 4.75. The smallest absolute Gasteiger partial charge is 0.158 e. The van der Waals surface area contributed by atoms with Crippen LogP contribution in [-0.4, -0.2) is 30.2 Å². The second kappa shape index (κ2) is 3.32. The van der Waals surface area contributed by atoms with Crippen LogP contribution in [0.25, 0.3) is 0 Å². The van der Waals surface area contributed by atoms with E-state index >= 15 is 0 Å². The molecule has 3 nitrogen and oxygen atoms in total. The van der Waals surface area contributed by atoms with Gasteiger partial charge in [0.15, 0.2) is 6.29 Å². The fourth-order valence-corrected chi connectivity index (χ4v) is 2.11. The number of aliphatic hydroxyl groups is 1. The van der Waals surface area contributed by atoms with Crippen molar-refractivity contribution in [2.45, 2.75) is 44.7 Å². The molecule has 0 radical (unpaired) electrons. The third-order valence-electron chi connectivity index (χ3n) is 2.79. The van der Waals surface area contributed by atoms with Gasteiger partial charge in [0.05, 0.1) is 12.2 Å². The molecule has 1 aliphatic heterocycles. The zero-order valence-corrected chi connectivity index (χ0v) is 7.40. The largest absolute Gasteiger partial charge is 0.396 e. The van der Waals surface area contributed by atoms with Crippen LogP contribution in [-0.2, 0) is 9.47 Å². The lowest BCUT2D eigenvalue weighted by atomic mass is 10.1. The standard InChI is InChI=1S/C9H16O3/c1-2-9-11-7-3-6(5-10)4-8(7)12-9/h6-10H,2-5H2,1H3. The number of hydrogen-bond acceptors (Lipinski definition) is 3. The SMILES string of the molecule is CCC1OC2CC(CO)CC2O1. The average molecular weight is 172 g/mol. The summed E-state index contributed by atoms with van der Waals surface area (Å²) in [5, 5.41) is 8.93. The molecule has 70 valence electrons. The van der Waals surface area contributed by atoms with Crippen LogP contribution in [0, 0.1) is 5.92 Å². The van der Waals surface area contributed by atoms with Crippen LogP contribution >= 0.6 is 0 Å². The fourth-order valence-electron chi connectivity index (χ4n) is 2.11. The summed E-state index contributed by atoms with van der Waals surface area (Å²) in [5.41, 5.74) is 0. The van der Waals surface area contributed by atoms with Gasteiger partial charge in [0.25, 0.3) is 0 Å². The fraction of sp³-hybridized carbons (Fsp3) is 1.00. The summed E-state index contributed by atoms with van der Waals surface area (Å²) in [6.45, 7) is 2.34. The van der Waals surface area contributed by atoms with Gasteiger partial charge >= 0.3 is 0 Å². The Labute approximate surface area is 72.7 Å². The van der Waals surface area contributed by atoms with Gasteiger partial charge in [0.1, 0.15) is 0 Å². The highest BCUT2D eigenvalue weighted by atomic mass is 16.7. The Morgan fingerprint density at radius 2 is 1.83 bits per heavy atom. The minimum absolute atomic E-state index is 0.0136. The highest BCUT2D eigenvalue weighted by Gasteiger charge is 2.42. The number of hydrogen-bond donors (Lipinski definition) is 1. The number of ether oxygens (including phenoxy) is 2. The van der Waals surface area contributed by atoms with Crippen LogP contribution < -0.4 is 0 Å². The summed E-state index contributed by atoms with van der Waals surface area (Å²) in [4.78, 5) is 0. The van der Waals surface area contributed by atoms with E-state index in [0.717, 1.165) is 19.3 Å². The van der Waals surface area contributed by atoms with Crippen molar-refractivity contribution in [2.75, 3.05) is 6.61 Å². The molecule has 2 fully saturated rings. The van der Waals surface area contributed by atoms with E-state index < -0.39 is 0 Å². The molecule has 1 N–H and O–H groups in total. The lowest BCUT2D eigenvalue weighted by Gasteiger charge is -2.11. The normalized spacial score (nSPS) is 46.5. The maximum atomic E-state index is 8.93. The van der Waals surface area contributed by atoms with Crippen LogP contribution in [0.1, 0.15) is 26.2 Å². The number of fused-ring (bicyclic) bond motifs is 1. The quantitative estimate of drug-likeness (QED) is 0.672. The molecule has 3 heteroatoms. The second-order valence-electron chi connectivity index (χ2n) is 3.71. The summed E-state index contributed by atoms with van der Waals surface area (Å²) < 4.78 is 11.3. The van der Waals surface area contributed by atoms with Gasteiger partial charge < -0.3 is 14.6 Å². The Hall–Kier alpha value is -0.120. The van der Waals surface area contributed by atoms with E-state index in [2.05, 4.69) is 6.92 Å². The number of rotatable bonds is 2. The Kier molecular flexibility index (Phi) is 2.35. The molecule has 0 aromatic rings. The topological polar surface area (TPSA) is 38.7 Å². The van der Waals surface area contributed by atoms with E-state index in [4.69, 9.17) is 14.6 Å². The zero-order valence-electron chi connectivity index (χ0n) is 7.40. The Balaban J connectivity index is 1.89. The zero-order chi connectivity index (χ0) is 8.55. The van der Waals surface area contributed by atoms with Crippen molar-refractivity contribution in [3.8, 4) is 0 Å². The predicted molar refractivity (Wildman–Crippen MR) is 43.6 cm³/mol. The molecular formula is C9H16O3. The molecule has 2 rings (SSSR count). The maximum Gasteiger partial charge on any atom is 0.158 e. The predicted octanol–water partition coefficient (Wildman–Crippen LogP) is 0.909. The van der Waals surface area contributed by atoms with Crippen molar-refractivity contribution in [1.82, 2.24) is 0 Å².